The van der Waals surface area contributed by atoms with Crippen molar-refractivity contribution in [3.63, 3.8) is 0 Å². The van der Waals surface area contributed by atoms with E-state index in [2.05, 4.69) is 16.6 Å². The van der Waals surface area contributed by atoms with Gasteiger partial charge in [0.1, 0.15) is 0 Å². The summed E-state index contributed by atoms with van der Waals surface area (Å²) in [6.07, 6.45) is 7.55. The van der Waals surface area contributed by atoms with Crippen LogP contribution in [0.1, 0.15) is 12.8 Å². The van der Waals surface area contributed by atoms with Gasteiger partial charge < -0.3 is 5.32 Å². The van der Waals surface area contributed by atoms with E-state index in [1.54, 1.807) is 0 Å². The van der Waals surface area contributed by atoms with Crippen molar-refractivity contribution in [2.24, 2.45) is 0 Å². The molecule has 0 aromatic heterocycles. The molecule has 0 radical (unpaired) electrons. The van der Waals surface area contributed by atoms with Crippen molar-refractivity contribution in [2.75, 3.05) is 32.4 Å². The molecule has 1 aliphatic rings. The number of terminal acetylenes is 1. The van der Waals surface area contributed by atoms with Crippen molar-refractivity contribution < 1.29 is 13.2 Å². The fraction of sp³-hybridized carbons (Fsp3) is 0.727. The minimum absolute atomic E-state index is 0.0446. The number of amides is 1. The maximum atomic E-state index is 11.5. The molecule has 0 atom stereocenters. The molecule has 1 aliphatic heterocycles. The van der Waals surface area contributed by atoms with Gasteiger partial charge in [-0.15, -0.1) is 6.42 Å². The molecule has 2 N–H and O–H groups in total. The molecule has 7 heteroatoms. The summed E-state index contributed by atoms with van der Waals surface area (Å²) in [4.78, 5) is 11.5. The predicted octanol–water partition coefficient (Wildman–Crippen LogP) is -1.25. The first-order valence-electron chi connectivity index (χ1n) is 5.82. The second-order valence-corrected chi connectivity index (χ2v) is 6.29. The highest BCUT2D eigenvalue weighted by molar-refractivity contribution is 7.88. The summed E-state index contributed by atoms with van der Waals surface area (Å²) >= 11 is 0. The Bertz CT molecular complexity index is 419. The van der Waals surface area contributed by atoms with E-state index in [4.69, 9.17) is 6.42 Å². The largest absolute Gasteiger partial charge is 0.352 e. The summed E-state index contributed by atoms with van der Waals surface area (Å²) in [7, 11) is -3.11. The lowest BCUT2D eigenvalue weighted by molar-refractivity contribution is -0.121. The van der Waals surface area contributed by atoms with E-state index in [0.29, 0.717) is 32.5 Å². The SMILES string of the molecule is C#CCNCC(=O)NC1CCN(S(C)(=O)=O)CC1. The minimum Gasteiger partial charge on any atom is -0.352 e. The number of sulfonamides is 1. The van der Waals surface area contributed by atoms with Gasteiger partial charge in [-0.3, -0.25) is 10.1 Å². The van der Waals surface area contributed by atoms with Crippen molar-refractivity contribution in [3.8, 4) is 12.3 Å². The molecule has 0 saturated carbocycles. The molecule has 1 fully saturated rings. The fourth-order valence-electron chi connectivity index (χ4n) is 1.86. The molecule has 0 bridgehead atoms. The van der Waals surface area contributed by atoms with Gasteiger partial charge in [0.2, 0.25) is 15.9 Å². The standard InChI is InChI=1S/C11H19N3O3S/c1-3-6-12-9-11(15)13-10-4-7-14(8-5-10)18(2,16)17/h1,10,12H,4-9H2,2H3,(H,13,15). The van der Waals surface area contributed by atoms with Crippen LogP contribution in [-0.4, -0.2) is 57.1 Å². The lowest BCUT2D eigenvalue weighted by Gasteiger charge is -2.30. The van der Waals surface area contributed by atoms with Gasteiger partial charge in [0.05, 0.1) is 19.3 Å². The minimum atomic E-state index is -3.11. The Morgan fingerprint density at radius 2 is 2.06 bits per heavy atom. The van der Waals surface area contributed by atoms with Gasteiger partial charge in [0, 0.05) is 19.1 Å². The van der Waals surface area contributed by atoms with Crippen molar-refractivity contribution in [1.29, 1.82) is 0 Å². The molecule has 0 unspecified atom stereocenters. The summed E-state index contributed by atoms with van der Waals surface area (Å²) in [5, 5.41) is 5.66. The molecule has 1 heterocycles. The van der Waals surface area contributed by atoms with Crippen molar-refractivity contribution in [2.45, 2.75) is 18.9 Å². The Morgan fingerprint density at radius 3 is 2.56 bits per heavy atom. The van der Waals surface area contributed by atoms with E-state index >= 15 is 0 Å². The van der Waals surface area contributed by atoms with Crippen molar-refractivity contribution in [1.82, 2.24) is 14.9 Å². The molecule has 18 heavy (non-hydrogen) atoms. The number of hydrogen-bond donors (Lipinski definition) is 2. The van der Waals surface area contributed by atoms with Crippen LogP contribution in [-0.2, 0) is 14.8 Å². The van der Waals surface area contributed by atoms with E-state index in [1.807, 2.05) is 0 Å². The molecule has 0 spiro atoms. The normalized spacial score (nSPS) is 18.2. The molecule has 0 aromatic rings. The van der Waals surface area contributed by atoms with E-state index in [1.165, 1.54) is 10.6 Å². The second kappa shape index (κ2) is 6.73. The fourth-order valence-corrected chi connectivity index (χ4v) is 2.73. The summed E-state index contributed by atoms with van der Waals surface area (Å²) in [5.41, 5.74) is 0. The summed E-state index contributed by atoms with van der Waals surface area (Å²) < 4.78 is 24.0. The van der Waals surface area contributed by atoms with E-state index in [9.17, 15) is 13.2 Å². The van der Waals surface area contributed by atoms with Gasteiger partial charge in [0.25, 0.3) is 0 Å². The van der Waals surface area contributed by atoms with Crippen LogP contribution in [0.3, 0.4) is 0 Å². The Hall–Kier alpha value is -1.10. The van der Waals surface area contributed by atoms with Crippen LogP contribution >= 0.6 is 0 Å². The zero-order chi connectivity index (χ0) is 13.6. The number of hydrogen-bond acceptors (Lipinski definition) is 4. The highest BCUT2D eigenvalue weighted by Gasteiger charge is 2.25. The van der Waals surface area contributed by atoms with Crippen LogP contribution in [0, 0.1) is 12.3 Å². The van der Waals surface area contributed by atoms with Crippen LogP contribution in [0.5, 0.6) is 0 Å². The molecule has 6 nitrogen and oxygen atoms in total. The van der Waals surface area contributed by atoms with Crippen molar-refractivity contribution >= 4 is 15.9 Å². The van der Waals surface area contributed by atoms with Gasteiger partial charge in [-0.1, -0.05) is 5.92 Å². The van der Waals surface area contributed by atoms with E-state index in [0.717, 1.165) is 0 Å². The molecule has 102 valence electrons. The predicted molar refractivity (Wildman–Crippen MR) is 69.3 cm³/mol. The van der Waals surface area contributed by atoms with Gasteiger partial charge in [-0.25, -0.2) is 12.7 Å². The molecular formula is C11H19N3O3S. The second-order valence-electron chi connectivity index (χ2n) is 4.31. The summed E-state index contributed by atoms with van der Waals surface area (Å²) in [6.45, 7) is 1.47. The first-order valence-corrected chi connectivity index (χ1v) is 7.67. The number of nitrogens with one attached hydrogen (secondary N) is 2. The van der Waals surface area contributed by atoms with Gasteiger partial charge in [-0.05, 0) is 12.8 Å². The van der Waals surface area contributed by atoms with Crippen molar-refractivity contribution in [3.05, 3.63) is 0 Å². The maximum absolute atomic E-state index is 11.5. The first kappa shape index (κ1) is 15.0. The Morgan fingerprint density at radius 1 is 1.44 bits per heavy atom. The van der Waals surface area contributed by atoms with E-state index < -0.39 is 10.0 Å². The number of rotatable bonds is 5. The Kier molecular flexibility index (Phi) is 5.59. The smallest absolute Gasteiger partial charge is 0.234 e. The third-order valence-corrected chi connectivity index (χ3v) is 4.10. The van der Waals surface area contributed by atoms with Crippen LogP contribution in [0.25, 0.3) is 0 Å². The summed E-state index contributed by atoms with van der Waals surface area (Å²) in [5.74, 6) is 2.28. The third kappa shape index (κ3) is 5.04. The third-order valence-electron chi connectivity index (χ3n) is 2.80. The monoisotopic (exact) mass is 273 g/mol. The number of carbonyl (C=O) groups is 1. The maximum Gasteiger partial charge on any atom is 0.234 e. The Labute approximate surface area is 108 Å². The lowest BCUT2D eigenvalue weighted by Crippen LogP contribution is -2.48. The van der Waals surface area contributed by atoms with Gasteiger partial charge >= 0.3 is 0 Å². The molecular weight excluding hydrogens is 254 g/mol. The molecule has 1 amide bonds. The zero-order valence-electron chi connectivity index (χ0n) is 10.5. The number of piperidine rings is 1. The lowest BCUT2D eigenvalue weighted by atomic mass is 10.1. The quantitative estimate of drug-likeness (QED) is 0.484. The van der Waals surface area contributed by atoms with Gasteiger partial charge in [-0.2, -0.15) is 0 Å². The Balaban J connectivity index is 2.27. The average molecular weight is 273 g/mol. The van der Waals surface area contributed by atoms with Gasteiger partial charge in [0.15, 0.2) is 0 Å². The molecule has 0 aliphatic carbocycles. The molecule has 1 saturated heterocycles. The van der Waals surface area contributed by atoms with Crippen LogP contribution in [0.2, 0.25) is 0 Å². The number of carbonyl (C=O) groups excluding carboxylic acids is 1. The average Bonchev–Trinajstić information content (AvgIpc) is 2.29. The molecule has 1 rings (SSSR count). The highest BCUT2D eigenvalue weighted by atomic mass is 32.2. The summed E-state index contributed by atoms with van der Waals surface area (Å²) in [6, 6.07) is 0.0446. The number of nitrogens with zero attached hydrogens (tertiary/aromatic N) is 1. The highest BCUT2D eigenvalue weighted by Crippen LogP contribution is 2.12. The zero-order valence-corrected chi connectivity index (χ0v) is 11.3. The topological polar surface area (TPSA) is 78.5 Å². The van der Waals surface area contributed by atoms with Crippen LogP contribution < -0.4 is 10.6 Å². The van der Waals surface area contributed by atoms with Crippen LogP contribution in [0.4, 0.5) is 0 Å². The first-order chi connectivity index (χ1) is 8.43. The van der Waals surface area contributed by atoms with Crippen LogP contribution in [0.15, 0.2) is 0 Å². The molecule has 0 aromatic carbocycles. The van der Waals surface area contributed by atoms with E-state index in [-0.39, 0.29) is 18.5 Å².